The van der Waals surface area contributed by atoms with Gasteiger partial charge in [-0.25, -0.2) is 17.1 Å². The van der Waals surface area contributed by atoms with Gasteiger partial charge in [0, 0.05) is 23.7 Å². The van der Waals surface area contributed by atoms with E-state index in [1.54, 1.807) is 0 Å². The van der Waals surface area contributed by atoms with Gasteiger partial charge in [0.2, 0.25) is 10.0 Å². The first-order valence-corrected chi connectivity index (χ1v) is 8.43. The highest BCUT2D eigenvalue weighted by Crippen LogP contribution is 2.23. The van der Waals surface area contributed by atoms with E-state index in [1.165, 1.54) is 16.4 Å². The van der Waals surface area contributed by atoms with E-state index in [0.29, 0.717) is 0 Å². The van der Waals surface area contributed by atoms with E-state index in [-0.39, 0.29) is 36.5 Å². The summed E-state index contributed by atoms with van der Waals surface area (Å²) in [6.45, 7) is 0.281. The Morgan fingerprint density at radius 1 is 1.38 bits per heavy atom. The van der Waals surface area contributed by atoms with Crippen molar-refractivity contribution in [2.45, 2.75) is 18.6 Å². The van der Waals surface area contributed by atoms with E-state index >= 15 is 0 Å². The molecule has 2 rings (SSSR count). The quantitative estimate of drug-likeness (QED) is 0.914. The molecule has 5 nitrogen and oxygen atoms in total. The number of carboxylic acid groups (broad SMARTS) is 1. The maximum Gasteiger partial charge on any atom is 0.306 e. The van der Waals surface area contributed by atoms with Crippen LogP contribution in [0.4, 0.5) is 4.39 Å². The standard InChI is InChI=1S/C13H15ClFNO4S/c14-11-1-2-12(15)10(7-11)8-21(19,20)16-5-3-9(4-6-16)13(17)18/h1-2,7,9H,3-6,8H2,(H,17,18). The predicted octanol–water partition coefficient (Wildman–Crippen LogP) is 2.11. The van der Waals surface area contributed by atoms with Crippen molar-refractivity contribution in [2.24, 2.45) is 5.92 Å². The van der Waals surface area contributed by atoms with E-state index < -0.39 is 33.5 Å². The van der Waals surface area contributed by atoms with Crippen LogP contribution < -0.4 is 0 Å². The lowest BCUT2D eigenvalue weighted by Gasteiger charge is -2.29. The van der Waals surface area contributed by atoms with Crippen LogP contribution in [-0.4, -0.2) is 36.9 Å². The Morgan fingerprint density at radius 3 is 2.57 bits per heavy atom. The number of hydrogen-bond donors (Lipinski definition) is 1. The summed E-state index contributed by atoms with van der Waals surface area (Å²) in [6, 6.07) is 3.77. The van der Waals surface area contributed by atoms with Gasteiger partial charge < -0.3 is 5.11 Å². The maximum absolute atomic E-state index is 13.6. The third kappa shape index (κ3) is 3.93. The van der Waals surface area contributed by atoms with Crippen molar-refractivity contribution >= 4 is 27.6 Å². The third-order valence-electron chi connectivity index (χ3n) is 3.54. The highest BCUT2D eigenvalue weighted by atomic mass is 35.5. The molecule has 1 aliphatic rings. The Labute approximate surface area is 127 Å². The van der Waals surface area contributed by atoms with Gasteiger partial charge in [-0.05, 0) is 31.0 Å². The molecule has 21 heavy (non-hydrogen) atoms. The van der Waals surface area contributed by atoms with Crippen LogP contribution >= 0.6 is 11.6 Å². The zero-order valence-corrected chi connectivity index (χ0v) is 12.7. The Bertz CT molecular complexity index is 642. The lowest BCUT2D eigenvalue weighted by molar-refractivity contribution is -0.142. The topological polar surface area (TPSA) is 74.7 Å². The van der Waals surface area contributed by atoms with Crippen LogP contribution in [0.3, 0.4) is 0 Å². The Kier molecular flexibility index (Phi) is 4.85. The first kappa shape index (κ1) is 16.2. The van der Waals surface area contributed by atoms with Crippen molar-refractivity contribution in [3.8, 4) is 0 Å². The summed E-state index contributed by atoms with van der Waals surface area (Å²) >= 11 is 5.75. The number of sulfonamides is 1. The molecule has 1 heterocycles. The first-order valence-electron chi connectivity index (χ1n) is 6.44. The molecule has 0 amide bonds. The van der Waals surface area contributed by atoms with Crippen LogP contribution in [-0.2, 0) is 20.6 Å². The van der Waals surface area contributed by atoms with E-state index in [2.05, 4.69) is 0 Å². The molecule has 1 aromatic rings. The molecular weight excluding hydrogens is 321 g/mol. The number of rotatable bonds is 4. The van der Waals surface area contributed by atoms with Gasteiger partial charge in [0.05, 0.1) is 11.7 Å². The van der Waals surface area contributed by atoms with Crippen LogP contribution in [0.25, 0.3) is 0 Å². The fourth-order valence-corrected chi connectivity index (χ4v) is 4.08. The Morgan fingerprint density at radius 2 is 2.00 bits per heavy atom. The maximum atomic E-state index is 13.6. The minimum atomic E-state index is -3.68. The van der Waals surface area contributed by atoms with Crippen LogP contribution in [0.2, 0.25) is 5.02 Å². The molecule has 0 aliphatic carbocycles. The van der Waals surface area contributed by atoms with Gasteiger partial charge in [-0.2, -0.15) is 0 Å². The van der Waals surface area contributed by atoms with Crippen molar-refractivity contribution in [1.29, 1.82) is 0 Å². The molecule has 0 bridgehead atoms. The number of halogens is 2. The molecule has 1 fully saturated rings. The summed E-state index contributed by atoms with van der Waals surface area (Å²) in [5, 5.41) is 9.17. The van der Waals surface area contributed by atoms with Gasteiger partial charge in [-0.15, -0.1) is 0 Å². The van der Waals surface area contributed by atoms with Crippen LogP contribution in [0.15, 0.2) is 18.2 Å². The second-order valence-electron chi connectivity index (χ2n) is 5.00. The molecule has 1 aromatic carbocycles. The van der Waals surface area contributed by atoms with Gasteiger partial charge >= 0.3 is 5.97 Å². The fraction of sp³-hybridized carbons (Fsp3) is 0.462. The molecule has 0 radical (unpaired) electrons. The molecule has 1 saturated heterocycles. The van der Waals surface area contributed by atoms with Gasteiger partial charge in [0.15, 0.2) is 0 Å². The number of nitrogens with zero attached hydrogens (tertiary/aromatic N) is 1. The average Bonchev–Trinajstić information content (AvgIpc) is 2.43. The summed E-state index contributed by atoms with van der Waals surface area (Å²) < 4.78 is 39.4. The molecular formula is C13H15ClFNO4S. The minimum Gasteiger partial charge on any atom is -0.481 e. The molecule has 0 unspecified atom stereocenters. The normalized spacial score (nSPS) is 17.8. The fourth-order valence-electron chi connectivity index (χ4n) is 2.32. The number of carbonyl (C=O) groups is 1. The monoisotopic (exact) mass is 335 g/mol. The van der Waals surface area contributed by atoms with Crippen LogP contribution in [0.1, 0.15) is 18.4 Å². The second kappa shape index (κ2) is 6.29. The van der Waals surface area contributed by atoms with Gasteiger partial charge in [-0.1, -0.05) is 11.6 Å². The predicted molar refractivity (Wildman–Crippen MR) is 76.0 cm³/mol. The number of hydrogen-bond acceptors (Lipinski definition) is 3. The highest BCUT2D eigenvalue weighted by molar-refractivity contribution is 7.88. The summed E-state index contributed by atoms with van der Waals surface area (Å²) in [5.74, 6) is -2.52. The summed E-state index contributed by atoms with van der Waals surface area (Å²) in [6.07, 6.45) is 0.541. The Balaban J connectivity index is 2.09. The molecule has 0 aromatic heterocycles. The number of carboxylic acids is 1. The van der Waals surface area contributed by atoms with E-state index in [1.807, 2.05) is 0 Å². The lowest BCUT2D eigenvalue weighted by Crippen LogP contribution is -2.40. The first-order chi connectivity index (χ1) is 9.79. The van der Waals surface area contributed by atoms with Crippen molar-refractivity contribution in [1.82, 2.24) is 4.31 Å². The van der Waals surface area contributed by atoms with Gasteiger partial charge in [-0.3, -0.25) is 4.79 Å². The van der Waals surface area contributed by atoms with Crippen molar-refractivity contribution in [2.75, 3.05) is 13.1 Å². The summed E-state index contributed by atoms with van der Waals surface area (Å²) in [4.78, 5) is 10.9. The molecule has 1 N–H and O–H groups in total. The SMILES string of the molecule is O=C(O)C1CCN(S(=O)(=O)Cc2cc(Cl)ccc2F)CC1. The van der Waals surface area contributed by atoms with E-state index in [0.717, 1.165) is 6.07 Å². The minimum absolute atomic E-state index is 0.0165. The third-order valence-corrected chi connectivity index (χ3v) is 5.61. The summed E-state index contributed by atoms with van der Waals surface area (Å²) in [7, 11) is -3.68. The zero-order valence-electron chi connectivity index (χ0n) is 11.1. The van der Waals surface area contributed by atoms with Gasteiger partial charge in [0.25, 0.3) is 0 Å². The Hall–Kier alpha value is -1.18. The molecule has 0 atom stereocenters. The van der Waals surface area contributed by atoms with Crippen LogP contribution in [0.5, 0.6) is 0 Å². The number of benzene rings is 1. The van der Waals surface area contributed by atoms with Crippen molar-refractivity contribution in [3.63, 3.8) is 0 Å². The van der Waals surface area contributed by atoms with E-state index in [9.17, 15) is 17.6 Å². The van der Waals surface area contributed by atoms with Crippen molar-refractivity contribution in [3.05, 3.63) is 34.6 Å². The number of aliphatic carboxylic acids is 1. The lowest BCUT2D eigenvalue weighted by atomic mass is 9.99. The van der Waals surface area contributed by atoms with Crippen molar-refractivity contribution < 1.29 is 22.7 Å². The largest absolute Gasteiger partial charge is 0.481 e. The number of piperidine rings is 1. The smallest absolute Gasteiger partial charge is 0.306 e. The molecule has 116 valence electrons. The highest BCUT2D eigenvalue weighted by Gasteiger charge is 2.31. The molecule has 0 spiro atoms. The second-order valence-corrected chi connectivity index (χ2v) is 7.41. The molecule has 1 aliphatic heterocycles. The molecule has 0 saturated carbocycles. The van der Waals surface area contributed by atoms with Crippen LogP contribution in [0, 0.1) is 11.7 Å². The summed E-state index contributed by atoms with van der Waals surface area (Å²) in [5.41, 5.74) is 0.0165. The average molecular weight is 336 g/mol. The van der Waals surface area contributed by atoms with Gasteiger partial charge in [0.1, 0.15) is 5.82 Å². The van der Waals surface area contributed by atoms with E-state index in [4.69, 9.17) is 16.7 Å². The zero-order chi connectivity index (χ0) is 15.6. The molecule has 8 heteroatoms.